The summed E-state index contributed by atoms with van der Waals surface area (Å²) >= 11 is 1.51. The molecule has 7 nitrogen and oxygen atoms in total. The SMILES string of the molecule is C[C@@H](NC(=O)Cc1csc(-c2cccnc2)n1)c1nnc2ccccn12. The van der Waals surface area contributed by atoms with Gasteiger partial charge in [-0.2, -0.15) is 0 Å². The van der Waals surface area contributed by atoms with Gasteiger partial charge >= 0.3 is 0 Å². The lowest BCUT2D eigenvalue weighted by Crippen LogP contribution is -2.29. The quantitative estimate of drug-likeness (QED) is 0.588. The summed E-state index contributed by atoms with van der Waals surface area (Å²) in [6.45, 7) is 1.89. The molecule has 0 radical (unpaired) electrons. The Morgan fingerprint density at radius 2 is 2.19 bits per heavy atom. The molecule has 0 aromatic carbocycles. The number of thiazole rings is 1. The summed E-state index contributed by atoms with van der Waals surface area (Å²) in [5.74, 6) is 0.594. The van der Waals surface area contributed by atoms with Crippen molar-refractivity contribution in [2.75, 3.05) is 0 Å². The van der Waals surface area contributed by atoms with E-state index in [1.807, 2.05) is 53.2 Å². The molecule has 0 saturated heterocycles. The number of aromatic nitrogens is 5. The van der Waals surface area contributed by atoms with E-state index in [-0.39, 0.29) is 18.4 Å². The monoisotopic (exact) mass is 364 g/mol. The maximum Gasteiger partial charge on any atom is 0.226 e. The van der Waals surface area contributed by atoms with E-state index >= 15 is 0 Å². The summed E-state index contributed by atoms with van der Waals surface area (Å²) in [7, 11) is 0. The third kappa shape index (κ3) is 3.31. The molecule has 0 spiro atoms. The van der Waals surface area contributed by atoms with Crippen LogP contribution < -0.4 is 5.32 Å². The van der Waals surface area contributed by atoms with E-state index in [9.17, 15) is 4.79 Å². The molecule has 0 aliphatic carbocycles. The second kappa shape index (κ2) is 7.01. The Balaban J connectivity index is 1.43. The van der Waals surface area contributed by atoms with Gasteiger partial charge in [0.15, 0.2) is 11.5 Å². The summed E-state index contributed by atoms with van der Waals surface area (Å²) in [5.41, 5.74) is 2.45. The molecule has 8 heteroatoms. The van der Waals surface area contributed by atoms with Crippen LogP contribution in [0.3, 0.4) is 0 Å². The highest BCUT2D eigenvalue weighted by Crippen LogP contribution is 2.23. The standard InChI is InChI=1S/C18H16N6OS/c1-12(17-23-22-15-6-2-3-8-24(15)17)20-16(25)9-14-11-26-18(21-14)13-5-4-7-19-10-13/h2-8,10-12H,9H2,1H3,(H,20,25)/t12-/m1/s1. The molecule has 0 aliphatic rings. The van der Waals surface area contributed by atoms with Gasteiger partial charge in [-0.1, -0.05) is 6.07 Å². The van der Waals surface area contributed by atoms with Crippen molar-refractivity contribution in [2.24, 2.45) is 0 Å². The number of fused-ring (bicyclic) bond motifs is 1. The third-order valence-electron chi connectivity index (χ3n) is 3.91. The first-order valence-electron chi connectivity index (χ1n) is 8.14. The molecule has 4 heterocycles. The maximum absolute atomic E-state index is 12.4. The average molecular weight is 364 g/mol. The zero-order chi connectivity index (χ0) is 17.9. The van der Waals surface area contributed by atoms with Crippen molar-refractivity contribution in [2.45, 2.75) is 19.4 Å². The Kier molecular flexibility index (Phi) is 4.40. The molecule has 0 saturated carbocycles. The van der Waals surface area contributed by atoms with Crippen LogP contribution in [0.1, 0.15) is 24.5 Å². The molecule has 1 atom stereocenters. The fourth-order valence-electron chi connectivity index (χ4n) is 2.69. The van der Waals surface area contributed by atoms with Crippen molar-refractivity contribution in [3.8, 4) is 10.6 Å². The fraction of sp³-hybridized carbons (Fsp3) is 0.167. The van der Waals surface area contributed by atoms with Crippen molar-refractivity contribution in [3.63, 3.8) is 0 Å². The number of carbonyl (C=O) groups excluding carboxylic acids is 1. The summed E-state index contributed by atoms with van der Waals surface area (Å²) in [6, 6.07) is 9.25. The number of rotatable bonds is 5. The Morgan fingerprint density at radius 3 is 3.04 bits per heavy atom. The van der Waals surface area contributed by atoms with Crippen LogP contribution in [0.4, 0.5) is 0 Å². The molecule has 1 amide bonds. The smallest absolute Gasteiger partial charge is 0.226 e. The minimum Gasteiger partial charge on any atom is -0.346 e. The second-order valence-electron chi connectivity index (χ2n) is 5.84. The molecule has 0 bridgehead atoms. The highest BCUT2D eigenvalue weighted by Gasteiger charge is 2.17. The summed E-state index contributed by atoms with van der Waals surface area (Å²) < 4.78 is 1.87. The third-order valence-corrected chi connectivity index (χ3v) is 4.85. The van der Waals surface area contributed by atoms with Crippen molar-refractivity contribution in [1.29, 1.82) is 0 Å². The van der Waals surface area contributed by atoms with Crippen LogP contribution in [0.25, 0.3) is 16.2 Å². The van der Waals surface area contributed by atoms with E-state index in [1.54, 1.807) is 12.4 Å². The van der Waals surface area contributed by atoms with Crippen LogP contribution in [-0.2, 0) is 11.2 Å². The highest BCUT2D eigenvalue weighted by molar-refractivity contribution is 7.13. The van der Waals surface area contributed by atoms with Gasteiger partial charge in [0.1, 0.15) is 5.01 Å². The Morgan fingerprint density at radius 1 is 1.27 bits per heavy atom. The van der Waals surface area contributed by atoms with E-state index in [0.717, 1.165) is 21.9 Å². The first-order valence-corrected chi connectivity index (χ1v) is 9.02. The normalized spacial score (nSPS) is 12.2. The lowest BCUT2D eigenvalue weighted by atomic mass is 10.2. The zero-order valence-corrected chi connectivity index (χ0v) is 14.8. The van der Waals surface area contributed by atoms with Crippen LogP contribution >= 0.6 is 11.3 Å². The van der Waals surface area contributed by atoms with Gasteiger partial charge in [-0.15, -0.1) is 21.5 Å². The van der Waals surface area contributed by atoms with Crippen LogP contribution in [0, 0.1) is 0 Å². The highest BCUT2D eigenvalue weighted by atomic mass is 32.1. The number of pyridine rings is 2. The van der Waals surface area contributed by atoms with Crippen LogP contribution in [0.15, 0.2) is 54.3 Å². The summed E-state index contributed by atoms with van der Waals surface area (Å²) in [5, 5.41) is 14.0. The Hall–Kier alpha value is -3.13. The average Bonchev–Trinajstić information content (AvgIpc) is 3.29. The topological polar surface area (TPSA) is 85.1 Å². The van der Waals surface area contributed by atoms with Gasteiger partial charge in [-0.25, -0.2) is 4.98 Å². The summed E-state index contributed by atoms with van der Waals surface area (Å²) in [4.78, 5) is 21.0. The number of amides is 1. The van der Waals surface area contributed by atoms with Crippen molar-refractivity contribution in [1.82, 2.24) is 29.9 Å². The number of carbonyl (C=O) groups is 1. The fourth-order valence-corrected chi connectivity index (χ4v) is 3.50. The minimum atomic E-state index is -0.253. The van der Waals surface area contributed by atoms with E-state index in [1.165, 1.54) is 11.3 Å². The predicted octanol–water partition coefficient (Wildman–Crippen LogP) is 2.67. The Labute approximate surface area is 153 Å². The molecular formula is C18H16N6OS. The number of nitrogens with zero attached hydrogens (tertiary/aromatic N) is 5. The molecule has 4 rings (SSSR count). The van der Waals surface area contributed by atoms with Crippen LogP contribution in [0.2, 0.25) is 0 Å². The first kappa shape index (κ1) is 16.3. The van der Waals surface area contributed by atoms with Gasteiger partial charge in [0.2, 0.25) is 5.91 Å². The van der Waals surface area contributed by atoms with Gasteiger partial charge in [-0.05, 0) is 31.2 Å². The van der Waals surface area contributed by atoms with Crippen molar-refractivity contribution in [3.05, 3.63) is 65.8 Å². The van der Waals surface area contributed by atoms with Crippen LogP contribution in [-0.4, -0.2) is 30.5 Å². The molecule has 0 unspecified atom stereocenters. The van der Waals surface area contributed by atoms with E-state index < -0.39 is 0 Å². The van der Waals surface area contributed by atoms with Crippen molar-refractivity contribution >= 4 is 22.9 Å². The Bertz CT molecular complexity index is 1040. The van der Waals surface area contributed by atoms with Crippen LogP contribution in [0.5, 0.6) is 0 Å². The van der Waals surface area contributed by atoms with Crippen molar-refractivity contribution < 1.29 is 4.79 Å². The molecule has 0 aliphatic heterocycles. The molecule has 4 aromatic heterocycles. The number of hydrogen-bond acceptors (Lipinski definition) is 6. The van der Waals surface area contributed by atoms with E-state index in [0.29, 0.717) is 5.82 Å². The minimum absolute atomic E-state index is 0.104. The number of nitrogens with one attached hydrogen (secondary N) is 1. The van der Waals surface area contributed by atoms with Gasteiger partial charge in [0.05, 0.1) is 18.2 Å². The molecule has 4 aromatic rings. The van der Waals surface area contributed by atoms with Gasteiger partial charge in [0, 0.05) is 29.5 Å². The molecule has 130 valence electrons. The first-order chi connectivity index (χ1) is 12.7. The number of hydrogen-bond donors (Lipinski definition) is 1. The predicted molar refractivity (Wildman–Crippen MR) is 98.6 cm³/mol. The van der Waals surface area contributed by atoms with Gasteiger partial charge in [-0.3, -0.25) is 14.2 Å². The second-order valence-corrected chi connectivity index (χ2v) is 6.70. The summed E-state index contributed by atoms with van der Waals surface area (Å²) in [6.07, 6.45) is 5.59. The lowest BCUT2D eigenvalue weighted by molar-refractivity contribution is -0.121. The molecule has 0 fully saturated rings. The van der Waals surface area contributed by atoms with Gasteiger partial charge < -0.3 is 5.32 Å². The molecule has 1 N–H and O–H groups in total. The maximum atomic E-state index is 12.4. The lowest BCUT2D eigenvalue weighted by Gasteiger charge is -2.11. The molecular weight excluding hydrogens is 348 g/mol. The molecule has 26 heavy (non-hydrogen) atoms. The largest absolute Gasteiger partial charge is 0.346 e. The van der Waals surface area contributed by atoms with E-state index in [2.05, 4.69) is 25.5 Å². The zero-order valence-electron chi connectivity index (χ0n) is 14.0. The van der Waals surface area contributed by atoms with E-state index in [4.69, 9.17) is 0 Å². The van der Waals surface area contributed by atoms with Gasteiger partial charge in [0.25, 0.3) is 0 Å².